The van der Waals surface area contributed by atoms with Crippen LogP contribution in [0.2, 0.25) is 0 Å². The Morgan fingerprint density at radius 2 is 1.77 bits per heavy atom. The van der Waals surface area contributed by atoms with Gasteiger partial charge in [0.15, 0.2) is 5.11 Å². The van der Waals surface area contributed by atoms with Gasteiger partial charge in [0.2, 0.25) is 5.72 Å². The third-order valence-corrected chi connectivity index (χ3v) is 5.88. The van der Waals surface area contributed by atoms with E-state index in [0.29, 0.717) is 28.7 Å². The first-order valence-electron chi connectivity index (χ1n) is 10.2. The Bertz CT molecular complexity index is 1020. The zero-order valence-electron chi connectivity index (χ0n) is 17.6. The van der Waals surface area contributed by atoms with Crippen LogP contribution in [0.15, 0.2) is 48.5 Å². The number of rotatable bonds is 5. The van der Waals surface area contributed by atoms with Crippen molar-refractivity contribution < 1.29 is 23.8 Å². The lowest BCUT2D eigenvalue weighted by Gasteiger charge is -2.55. The van der Waals surface area contributed by atoms with Gasteiger partial charge in [-0.05, 0) is 63.3 Å². The molecule has 162 valence electrons. The number of carbonyl (C=O) groups excluding carboxylic acids is 2. The smallest absolute Gasteiger partial charge is 0.338 e. The van der Waals surface area contributed by atoms with E-state index in [0.717, 1.165) is 5.56 Å². The van der Waals surface area contributed by atoms with Crippen LogP contribution in [0.4, 0.5) is 5.69 Å². The minimum atomic E-state index is -1.13. The normalized spacial score (nSPS) is 23.8. The van der Waals surface area contributed by atoms with Crippen molar-refractivity contribution in [2.75, 3.05) is 18.1 Å². The number of ether oxygens (including phenoxy) is 3. The van der Waals surface area contributed by atoms with Crippen molar-refractivity contribution in [2.45, 2.75) is 32.5 Å². The summed E-state index contributed by atoms with van der Waals surface area (Å²) in [7, 11) is 0. The first kappa shape index (κ1) is 21.1. The number of nitrogens with zero attached hydrogens (tertiary/aromatic N) is 1. The van der Waals surface area contributed by atoms with Gasteiger partial charge in [-0.2, -0.15) is 0 Å². The summed E-state index contributed by atoms with van der Waals surface area (Å²) in [5.74, 6) is -0.753. The lowest BCUT2D eigenvalue weighted by molar-refractivity contribution is -0.159. The number of benzene rings is 2. The molecular formula is C23H24N2O5S. The van der Waals surface area contributed by atoms with Crippen LogP contribution >= 0.6 is 12.2 Å². The zero-order valence-corrected chi connectivity index (χ0v) is 18.4. The second-order valence-electron chi connectivity index (χ2n) is 7.45. The van der Waals surface area contributed by atoms with Gasteiger partial charge >= 0.3 is 11.9 Å². The van der Waals surface area contributed by atoms with E-state index in [2.05, 4.69) is 5.32 Å². The molecule has 2 aromatic carbocycles. The van der Waals surface area contributed by atoms with E-state index in [1.807, 2.05) is 31.2 Å². The minimum absolute atomic E-state index is 0.262. The summed E-state index contributed by atoms with van der Waals surface area (Å²) in [5, 5.41) is 3.73. The molecule has 3 atom stereocenters. The molecule has 0 amide bonds. The van der Waals surface area contributed by atoms with Crippen molar-refractivity contribution in [1.82, 2.24) is 5.32 Å². The van der Waals surface area contributed by atoms with E-state index in [1.54, 1.807) is 43.0 Å². The highest BCUT2D eigenvalue weighted by Gasteiger charge is 2.59. The topological polar surface area (TPSA) is 77.1 Å². The highest BCUT2D eigenvalue weighted by molar-refractivity contribution is 7.80. The molecule has 2 bridgehead atoms. The first-order chi connectivity index (χ1) is 14.9. The van der Waals surface area contributed by atoms with Crippen LogP contribution < -0.4 is 15.0 Å². The fourth-order valence-corrected chi connectivity index (χ4v) is 4.69. The van der Waals surface area contributed by atoms with Crippen molar-refractivity contribution in [1.29, 1.82) is 0 Å². The van der Waals surface area contributed by atoms with Gasteiger partial charge in [-0.1, -0.05) is 18.2 Å². The molecule has 0 aromatic heterocycles. The third-order valence-electron chi connectivity index (χ3n) is 5.58. The third kappa shape index (κ3) is 3.50. The highest BCUT2D eigenvalue weighted by atomic mass is 32.1. The van der Waals surface area contributed by atoms with Crippen molar-refractivity contribution in [2.24, 2.45) is 5.92 Å². The number of esters is 2. The molecule has 2 aromatic rings. The summed E-state index contributed by atoms with van der Waals surface area (Å²) in [6, 6.07) is 14.1. The second kappa shape index (κ2) is 8.19. The molecule has 7 nitrogen and oxygen atoms in total. The molecule has 4 rings (SSSR count). The lowest BCUT2D eigenvalue weighted by atomic mass is 9.79. The summed E-state index contributed by atoms with van der Waals surface area (Å²) in [5.41, 5.74) is 0.846. The molecule has 8 heteroatoms. The maximum Gasteiger partial charge on any atom is 0.338 e. The Balaban J connectivity index is 1.78. The van der Waals surface area contributed by atoms with Crippen molar-refractivity contribution in [3.8, 4) is 5.75 Å². The van der Waals surface area contributed by atoms with Crippen LogP contribution in [0.5, 0.6) is 5.75 Å². The molecular weight excluding hydrogens is 416 g/mol. The Kier molecular flexibility index (Phi) is 5.58. The number of hydrogen-bond donors (Lipinski definition) is 1. The molecule has 1 fully saturated rings. The Hall–Kier alpha value is -3.13. The Morgan fingerprint density at radius 3 is 2.45 bits per heavy atom. The number of thiocarbonyl (C=S) groups is 1. The molecule has 1 saturated heterocycles. The van der Waals surface area contributed by atoms with Crippen molar-refractivity contribution >= 4 is 35.0 Å². The number of carbonyl (C=O) groups is 2. The number of para-hydroxylation sites is 1. The van der Waals surface area contributed by atoms with Crippen LogP contribution in [0, 0.1) is 5.92 Å². The van der Waals surface area contributed by atoms with Gasteiger partial charge in [-0.3, -0.25) is 9.69 Å². The second-order valence-corrected chi connectivity index (χ2v) is 7.84. The van der Waals surface area contributed by atoms with Crippen LogP contribution in [0.1, 0.15) is 42.7 Å². The van der Waals surface area contributed by atoms with E-state index in [9.17, 15) is 9.59 Å². The predicted octanol–water partition coefficient (Wildman–Crippen LogP) is 3.59. The van der Waals surface area contributed by atoms with Crippen LogP contribution in [0.3, 0.4) is 0 Å². The average Bonchev–Trinajstić information content (AvgIpc) is 2.74. The number of nitrogens with one attached hydrogen (secondary N) is 1. The van der Waals surface area contributed by atoms with Gasteiger partial charge in [0.1, 0.15) is 11.7 Å². The molecule has 2 aliphatic heterocycles. The molecule has 0 aliphatic carbocycles. The number of fused-ring (bicyclic) bond motifs is 4. The van der Waals surface area contributed by atoms with E-state index < -0.39 is 17.6 Å². The molecule has 0 saturated carbocycles. The Labute approximate surface area is 186 Å². The quantitative estimate of drug-likeness (QED) is 0.558. The summed E-state index contributed by atoms with van der Waals surface area (Å²) < 4.78 is 16.9. The summed E-state index contributed by atoms with van der Waals surface area (Å²) in [6.07, 6.45) is 0. The summed E-state index contributed by atoms with van der Waals surface area (Å²) in [6.45, 7) is 5.93. The minimum Gasteiger partial charge on any atom is -0.466 e. The van der Waals surface area contributed by atoms with E-state index >= 15 is 0 Å². The van der Waals surface area contributed by atoms with E-state index in [-0.39, 0.29) is 18.6 Å². The highest BCUT2D eigenvalue weighted by Crippen LogP contribution is 2.49. The molecule has 0 unspecified atom stereocenters. The van der Waals surface area contributed by atoms with Gasteiger partial charge in [0, 0.05) is 11.3 Å². The van der Waals surface area contributed by atoms with Crippen LogP contribution in [-0.4, -0.2) is 36.0 Å². The maximum atomic E-state index is 13.1. The fourth-order valence-electron chi connectivity index (χ4n) is 4.27. The standard InChI is InChI=1S/C23H24N2O5S/c1-4-28-20(26)14-10-12-15(13-11-14)25-22(31)24-19-16-8-6-7-9-17(16)30-23(25,3)18(19)21(27)29-5-2/h6-13,18-19H,4-5H2,1-3H3,(H,24,31)/t18-,19-,23-/m0/s1. The number of anilines is 1. The number of hydrogen-bond acceptors (Lipinski definition) is 6. The van der Waals surface area contributed by atoms with Gasteiger partial charge in [0.05, 0.1) is 24.8 Å². The molecule has 0 spiro atoms. The zero-order chi connectivity index (χ0) is 22.2. The molecule has 0 radical (unpaired) electrons. The van der Waals surface area contributed by atoms with E-state index in [1.165, 1.54) is 0 Å². The van der Waals surface area contributed by atoms with Gasteiger partial charge in [-0.15, -0.1) is 0 Å². The SMILES string of the molecule is CCOC(=O)c1ccc(N2C(=S)N[C@H]3c4ccccc4O[C@@]2(C)[C@@H]3C(=O)OCC)cc1. The molecule has 2 heterocycles. The largest absolute Gasteiger partial charge is 0.466 e. The van der Waals surface area contributed by atoms with Gasteiger partial charge in [0.25, 0.3) is 0 Å². The predicted molar refractivity (Wildman–Crippen MR) is 119 cm³/mol. The lowest BCUT2D eigenvalue weighted by Crippen LogP contribution is -2.71. The average molecular weight is 441 g/mol. The monoisotopic (exact) mass is 440 g/mol. The summed E-state index contributed by atoms with van der Waals surface area (Å²) in [4.78, 5) is 26.8. The molecule has 2 aliphatic rings. The van der Waals surface area contributed by atoms with E-state index in [4.69, 9.17) is 26.4 Å². The van der Waals surface area contributed by atoms with Crippen molar-refractivity contribution in [3.05, 3.63) is 59.7 Å². The van der Waals surface area contributed by atoms with Crippen LogP contribution in [0.25, 0.3) is 0 Å². The van der Waals surface area contributed by atoms with Crippen LogP contribution in [-0.2, 0) is 14.3 Å². The Morgan fingerprint density at radius 1 is 1.10 bits per heavy atom. The maximum absolute atomic E-state index is 13.1. The molecule has 31 heavy (non-hydrogen) atoms. The summed E-state index contributed by atoms with van der Waals surface area (Å²) >= 11 is 5.69. The first-order valence-corrected chi connectivity index (χ1v) is 10.6. The molecule has 1 N–H and O–H groups in total. The van der Waals surface area contributed by atoms with Gasteiger partial charge < -0.3 is 19.5 Å². The fraction of sp³-hybridized carbons (Fsp3) is 0.348. The van der Waals surface area contributed by atoms with Crippen molar-refractivity contribution in [3.63, 3.8) is 0 Å². The van der Waals surface area contributed by atoms with Gasteiger partial charge in [-0.25, -0.2) is 4.79 Å².